The molecule has 31 heavy (non-hydrogen) atoms. The second-order valence-corrected chi connectivity index (χ2v) is 7.71. The summed E-state index contributed by atoms with van der Waals surface area (Å²) in [6, 6.07) is 3.71. The molecule has 4 heterocycles. The maximum absolute atomic E-state index is 12.9. The zero-order valence-corrected chi connectivity index (χ0v) is 18.0. The second-order valence-electron chi connectivity index (χ2n) is 7.71. The topological polar surface area (TPSA) is 113 Å². The van der Waals surface area contributed by atoms with E-state index in [0.717, 1.165) is 42.0 Å². The van der Waals surface area contributed by atoms with Gasteiger partial charge >= 0.3 is 0 Å². The highest BCUT2D eigenvalue weighted by Gasteiger charge is 2.28. The molecule has 0 aliphatic carbocycles. The maximum Gasteiger partial charge on any atom is 0.247 e. The largest absolute Gasteiger partial charge is 0.345 e. The second kappa shape index (κ2) is 9.03. The Balaban J connectivity index is 1.58. The Labute approximate surface area is 181 Å². The van der Waals surface area contributed by atoms with Crippen LogP contribution in [0.4, 0.5) is 11.8 Å². The normalized spacial score (nSPS) is 16.6. The van der Waals surface area contributed by atoms with E-state index in [1.165, 1.54) is 0 Å². The molecule has 0 spiro atoms. The van der Waals surface area contributed by atoms with Crippen LogP contribution in [-0.2, 0) is 4.79 Å². The van der Waals surface area contributed by atoms with Gasteiger partial charge in [-0.25, -0.2) is 24.9 Å². The van der Waals surface area contributed by atoms with Gasteiger partial charge in [-0.15, -0.1) is 0 Å². The van der Waals surface area contributed by atoms with Crippen molar-refractivity contribution in [1.29, 1.82) is 0 Å². The lowest BCUT2D eigenvalue weighted by atomic mass is 9.98. The van der Waals surface area contributed by atoms with Crippen LogP contribution in [0.5, 0.6) is 0 Å². The molecule has 1 atom stereocenters. The van der Waals surface area contributed by atoms with Crippen LogP contribution < -0.4 is 5.32 Å². The number of nitrogens with one attached hydrogen (secondary N) is 2. The molecule has 2 N–H and O–H groups in total. The number of hydrogen-bond acceptors (Lipinski definition) is 7. The highest BCUT2D eigenvalue weighted by Crippen LogP contribution is 2.31. The fourth-order valence-corrected chi connectivity index (χ4v) is 3.84. The van der Waals surface area contributed by atoms with Gasteiger partial charge in [0.1, 0.15) is 11.6 Å². The average Bonchev–Trinajstić information content (AvgIpc) is 3.24. The first kappa shape index (κ1) is 20.6. The molecule has 1 saturated heterocycles. The van der Waals surface area contributed by atoms with Gasteiger partial charge < -0.3 is 15.2 Å². The van der Waals surface area contributed by atoms with Gasteiger partial charge in [-0.05, 0) is 52.2 Å². The lowest BCUT2D eigenvalue weighted by Crippen LogP contribution is -2.38. The van der Waals surface area contributed by atoms with Crippen molar-refractivity contribution < 1.29 is 4.79 Å². The van der Waals surface area contributed by atoms with Gasteiger partial charge in [-0.1, -0.05) is 0 Å². The molecule has 0 saturated carbocycles. The van der Waals surface area contributed by atoms with E-state index in [-0.39, 0.29) is 11.9 Å². The number of piperidine rings is 1. The number of amides is 1. The summed E-state index contributed by atoms with van der Waals surface area (Å²) in [7, 11) is 0. The smallest absolute Gasteiger partial charge is 0.247 e. The molecule has 0 radical (unpaired) electrons. The predicted octanol–water partition coefficient (Wildman–Crippen LogP) is 3.43. The Hall–Kier alpha value is -3.62. The molecular formula is C22H26N8O. The Kier molecular flexibility index (Phi) is 6.01. The standard InChI is InChI=1S/C22H26N8O/c1-14-10-15(2)26-22(25-14)29-20-11-18(27-16(3)28-20)19-6-4-5-9-30(19)21(31)8-7-17-12-23-13-24-17/h7-8,10-13,19H,4-6,9H2,1-3H3,(H,23,24)(H,25,26,27,28,29)/b8-7+. The molecule has 1 fully saturated rings. The predicted molar refractivity (Wildman–Crippen MR) is 117 cm³/mol. The molecule has 4 rings (SSSR count). The van der Waals surface area contributed by atoms with E-state index < -0.39 is 0 Å². The molecule has 0 bridgehead atoms. The van der Waals surface area contributed by atoms with Gasteiger partial charge in [0.05, 0.1) is 30.0 Å². The van der Waals surface area contributed by atoms with Crippen LogP contribution in [0.3, 0.4) is 0 Å². The molecule has 1 aliphatic heterocycles. The monoisotopic (exact) mass is 418 g/mol. The van der Waals surface area contributed by atoms with Crippen molar-refractivity contribution in [2.45, 2.75) is 46.1 Å². The number of aryl methyl sites for hydroxylation is 3. The van der Waals surface area contributed by atoms with Gasteiger partial charge in [0.25, 0.3) is 0 Å². The van der Waals surface area contributed by atoms with Crippen LogP contribution in [0.1, 0.15) is 53.9 Å². The lowest BCUT2D eigenvalue weighted by Gasteiger charge is -2.35. The van der Waals surface area contributed by atoms with E-state index in [1.54, 1.807) is 24.7 Å². The summed E-state index contributed by atoms with van der Waals surface area (Å²) < 4.78 is 0. The van der Waals surface area contributed by atoms with Crippen molar-refractivity contribution in [2.24, 2.45) is 0 Å². The van der Waals surface area contributed by atoms with Crippen molar-refractivity contribution in [1.82, 2.24) is 34.8 Å². The number of carbonyl (C=O) groups excluding carboxylic acids is 1. The highest BCUT2D eigenvalue weighted by atomic mass is 16.2. The molecule has 1 aliphatic rings. The molecule has 3 aromatic rings. The minimum Gasteiger partial charge on any atom is -0.345 e. The molecule has 1 unspecified atom stereocenters. The zero-order chi connectivity index (χ0) is 21.8. The maximum atomic E-state index is 12.9. The Morgan fingerprint density at radius 3 is 2.68 bits per heavy atom. The van der Waals surface area contributed by atoms with E-state index >= 15 is 0 Å². The minimum absolute atomic E-state index is 0.0392. The van der Waals surface area contributed by atoms with Gasteiger partial charge in [-0.3, -0.25) is 4.79 Å². The summed E-state index contributed by atoms with van der Waals surface area (Å²) in [6.45, 7) is 6.41. The third-order valence-corrected chi connectivity index (χ3v) is 5.13. The van der Waals surface area contributed by atoms with Crippen LogP contribution >= 0.6 is 0 Å². The van der Waals surface area contributed by atoms with Crippen LogP contribution in [-0.4, -0.2) is 47.3 Å². The van der Waals surface area contributed by atoms with E-state index in [1.807, 2.05) is 37.8 Å². The van der Waals surface area contributed by atoms with Crippen LogP contribution in [0, 0.1) is 20.8 Å². The number of anilines is 2. The number of H-pyrrole nitrogens is 1. The Morgan fingerprint density at radius 1 is 1.13 bits per heavy atom. The van der Waals surface area contributed by atoms with Crippen molar-refractivity contribution in [3.63, 3.8) is 0 Å². The van der Waals surface area contributed by atoms with E-state index in [4.69, 9.17) is 0 Å². The summed E-state index contributed by atoms with van der Waals surface area (Å²) in [5.41, 5.74) is 3.38. The van der Waals surface area contributed by atoms with Crippen molar-refractivity contribution >= 4 is 23.7 Å². The first-order valence-corrected chi connectivity index (χ1v) is 10.4. The Bertz CT molecular complexity index is 1070. The van der Waals surface area contributed by atoms with Crippen molar-refractivity contribution in [3.05, 3.63) is 59.3 Å². The summed E-state index contributed by atoms with van der Waals surface area (Å²) in [6.07, 6.45) is 9.48. The van der Waals surface area contributed by atoms with Gasteiger partial charge in [-0.2, -0.15) is 0 Å². The molecular weight excluding hydrogens is 392 g/mol. The number of hydrogen-bond donors (Lipinski definition) is 2. The first-order valence-electron chi connectivity index (χ1n) is 10.4. The van der Waals surface area contributed by atoms with Crippen molar-refractivity contribution in [3.8, 4) is 0 Å². The van der Waals surface area contributed by atoms with Crippen molar-refractivity contribution in [2.75, 3.05) is 11.9 Å². The molecule has 0 aromatic carbocycles. The molecule has 9 heteroatoms. The third kappa shape index (κ3) is 5.11. The summed E-state index contributed by atoms with van der Waals surface area (Å²) in [5.74, 6) is 1.72. The SMILES string of the molecule is Cc1cc(C)nc(Nc2cc(C3CCCCN3C(=O)/C=C/c3cnc[nH]3)nc(C)n2)n1. The number of imidazole rings is 1. The zero-order valence-electron chi connectivity index (χ0n) is 18.0. The van der Waals surface area contributed by atoms with Gasteiger partial charge in [0, 0.05) is 30.1 Å². The number of carbonyl (C=O) groups is 1. The highest BCUT2D eigenvalue weighted by molar-refractivity contribution is 5.91. The average molecular weight is 419 g/mol. The number of likely N-dealkylation sites (tertiary alicyclic amines) is 1. The van der Waals surface area contributed by atoms with Crippen LogP contribution in [0.2, 0.25) is 0 Å². The summed E-state index contributed by atoms with van der Waals surface area (Å²) >= 11 is 0. The molecule has 9 nitrogen and oxygen atoms in total. The quantitative estimate of drug-likeness (QED) is 0.610. The first-order chi connectivity index (χ1) is 15.0. The molecule has 1 amide bonds. The number of rotatable bonds is 5. The fraction of sp³-hybridized carbons (Fsp3) is 0.364. The summed E-state index contributed by atoms with van der Waals surface area (Å²) in [4.78, 5) is 39.8. The number of nitrogens with zero attached hydrogens (tertiary/aromatic N) is 6. The number of aromatic amines is 1. The fourth-order valence-electron chi connectivity index (χ4n) is 3.84. The molecule has 160 valence electrons. The van der Waals surface area contributed by atoms with Gasteiger partial charge in [0.2, 0.25) is 11.9 Å². The lowest BCUT2D eigenvalue weighted by molar-refractivity contribution is -0.129. The summed E-state index contributed by atoms with van der Waals surface area (Å²) in [5, 5.41) is 3.19. The van der Waals surface area contributed by atoms with Crippen LogP contribution in [0.25, 0.3) is 6.08 Å². The van der Waals surface area contributed by atoms with E-state index in [2.05, 4.69) is 35.2 Å². The number of aromatic nitrogens is 6. The minimum atomic E-state index is -0.102. The van der Waals surface area contributed by atoms with E-state index in [0.29, 0.717) is 24.1 Å². The molecule has 3 aromatic heterocycles. The van der Waals surface area contributed by atoms with E-state index in [9.17, 15) is 4.79 Å². The van der Waals surface area contributed by atoms with Crippen LogP contribution in [0.15, 0.2) is 30.7 Å². The third-order valence-electron chi connectivity index (χ3n) is 5.13. The Morgan fingerprint density at radius 2 is 1.94 bits per heavy atom. The van der Waals surface area contributed by atoms with Gasteiger partial charge in [0.15, 0.2) is 0 Å².